The van der Waals surface area contributed by atoms with E-state index >= 15 is 0 Å². The maximum Gasteiger partial charge on any atom is 0.226 e. The lowest BCUT2D eigenvalue weighted by Gasteiger charge is -2.04. The minimum atomic E-state index is 0.0216. The first-order valence-corrected chi connectivity index (χ1v) is 8.55. The second-order valence-electron chi connectivity index (χ2n) is 5.01. The normalized spacial score (nSPS) is 11.2. The quantitative estimate of drug-likeness (QED) is 0.632. The van der Waals surface area contributed by atoms with Gasteiger partial charge >= 0.3 is 0 Å². The molecule has 4 nitrogen and oxygen atoms in total. The number of hydrogen-bond donors (Lipinski definition) is 2. The predicted molar refractivity (Wildman–Crippen MR) is 89.4 cm³/mol. The number of fused-ring (bicyclic) bond motifs is 1. The van der Waals surface area contributed by atoms with Crippen LogP contribution in [0.25, 0.3) is 10.2 Å². The van der Waals surface area contributed by atoms with E-state index in [2.05, 4.69) is 24.1 Å². The monoisotopic (exact) mass is 309 g/mol. The van der Waals surface area contributed by atoms with Crippen molar-refractivity contribution in [1.82, 2.24) is 4.98 Å². The molecule has 1 heterocycles. The molecule has 6 heteroatoms. The number of carbonyl (C=O) groups is 1. The second kappa shape index (κ2) is 6.95. The van der Waals surface area contributed by atoms with Crippen LogP contribution in [-0.2, 0) is 4.79 Å². The maximum absolute atomic E-state index is 11.8. The average molecular weight is 309 g/mol. The first-order chi connectivity index (χ1) is 9.54. The summed E-state index contributed by atoms with van der Waals surface area (Å²) in [5.74, 6) is 2.63. The van der Waals surface area contributed by atoms with Crippen LogP contribution in [-0.4, -0.2) is 22.4 Å². The van der Waals surface area contributed by atoms with Crippen molar-refractivity contribution in [1.29, 1.82) is 0 Å². The van der Waals surface area contributed by atoms with E-state index in [0.717, 1.165) is 21.7 Å². The molecular weight excluding hydrogens is 290 g/mol. The molecule has 108 valence electrons. The third-order valence-corrected chi connectivity index (χ3v) is 4.91. The van der Waals surface area contributed by atoms with Crippen molar-refractivity contribution < 1.29 is 4.79 Å². The minimum Gasteiger partial charge on any atom is -0.399 e. The molecule has 0 aliphatic carbocycles. The molecule has 0 spiro atoms. The SMILES string of the molecule is CC(C)CSCCC(=O)Nc1nc2ccc(N)cc2s1. The van der Waals surface area contributed by atoms with E-state index in [1.165, 1.54) is 11.3 Å². The molecule has 1 amide bonds. The van der Waals surface area contributed by atoms with Gasteiger partial charge in [-0.25, -0.2) is 4.98 Å². The summed E-state index contributed by atoms with van der Waals surface area (Å²) in [6.07, 6.45) is 0.523. The highest BCUT2D eigenvalue weighted by molar-refractivity contribution is 7.99. The maximum atomic E-state index is 11.8. The van der Waals surface area contributed by atoms with E-state index in [0.29, 0.717) is 23.2 Å². The summed E-state index contributed by atoms with van der Waals surface area (Å²) in [6.45, 7) is 4.36. The molecule has 0 atom stereocenters. The van der Waals surface area contributed by atoms with Gasteiger partial charge in [0.2, 0.25) is 5.91 Å². The van der Waals surface area contributed by atoms with Crippen LogP contribution in [0.15, 0.2) is 18.2 Å². The first-order valence-electron chi connectivity index (χ1n) is 6.58. The van der Waals surface area contributed by atoms with Crippen LogP contribution in [0.1, 0.15) is 20.3 Å². The Labute approximate surface area is 127 Å². The Morgan fingerprint density at radius 1 is 1.50 bits per heavy atom. The Morgan fingerprint density at radius 3 is 3.05 bits per heavy atom. The third kappa shape index (κ3) is 4.38. The molecule has 2 rings (SSSR count). The van der Waals surface area contributed by atoms with Gasteiger partial charge in [0, 0.05) is 17.9 Å². The van der Waals surface area contributed by atoms with Crippen molar-refractivity contribution >= 4 is 50.0 Å². The summed E-state index contributed by atoms with van der Waals surface area (Å²) < 4.78 is 0.995. The van der Waals surface area contributed by atoms with Crippen molar-refractivity contribution in [3.63, 3.8) is 0 Å². The molecule has 1 aromatic heterocycles. The Morgan fingerprint density at radius 2 is 2.30 bits per heavy atom. The van der Waals surface area contributed by atoms with Crippen LogP contribution in [0.3, 0.4) is 0 Å². The molecule has 0 fully saturated rings. The number of nitrogen functional groups attached to an aromatic ring is 1. The molecule has 0 saturated heterocycles. The zero-order valence-electron chi connectivity index (χ0n) is 11.7. The summed E-state index contributed by atoms with van der Waals surface area (Å²) >= 11 is 3.27. The van der Waals surface area contributed by atoms with Crippen LogP contribution in [0.5, 0.6) is 0 Å². The van der Waals surface area contributed by atoms with Crippen LogP contribution in [0, 0.1) is 5.92 Å². The standard InChI is InChI=1S/C14H19N3OS2/c1-9(2)8-19-6-5-13(18)17-14-16-11-4-3-10(15)7-12(11)20-14/h3-4,7,9H,5-6,8,15H2,1-2H3,(H,16,17,18). The van der Waals surface area contributed by atoms with Crippen molar-refractivity contribution in [3.05, 3.63) is 18.2 Å². The number of thiazole rings is 1. The Kier molecular flexibility index (Phi) is 5.25. The number of amides is 1. The molecule has 0 saturated carbocycles. The Bertz CT molecular complexity index is 595. The van der Waals surface area contributed by atoms with Gasteiger partial charge in [0.25, 0.3) is 0 Å². The average Bonchev–Trinajstić information content (AvgIpc) is 2.75. The molecule has 0 unspecified atom stereocenters. The van der Waals surface area contributed by atoms with Crippen molar-refractivity contribution in [2.75, 3.05) is 22.6 Å². The fourth-order valence-electron chi connectivity index (χ4n) is 1.66. The number of anilines is 2. The molecule has 20 heavy (non-hydrogen) atoms. The van der Waals surface area contributed by atoms with Gasteiger partial charge in [-0.2, -0.15) is 11.8 Å². The number of nitrogens with two attached hydrogens (primary N) is 1. The number of thioether (sulfide) groups is 1. The number of aromatic nitrogens is 1. The summed E-state index contributed by atoms with van der Waals surface area (Å²) in [7, 11) is 0. The smallest absolute Gasteiger partial charge is 0.226 e. The minimum absolute atomic E-state index is 0.0216. The molecule has 0 radical (unpaired) electrons. The van der Waals surface area contributed by atoms with Crippen molar-refractivity contribution in [2.45, 2.75) is 20.3 Å². The van der Waals surface area contributed by atoms with Gasteiger partial charge in [0.1, 0.15) is 0 Å². The molecule has 0 aliphatic rings. The number of nitrogens with zero attached hydrogens (tertiary/aromatic N) is 1. The van der Waals surface area contributed by atoms with Gasteiger partial charge in [-0.15, -0.1) is 0 Å². The summed E-state index contributed by atoms with van der Waals surface area (Å²) in [6, 6.07) is 5.56. The highest BCUT2D eigenvalue weighted by atomic mass is 32.2. The van der Waals surface area contributed by atoms with Crippen LogP contribution in [0.4, 0.5) is 10.8 Å². The van der Waals surface area contributed by atoms with E-state index in [1.807, 2.05) is 30.0 Å². The van der Waals surface area contributed by atoms with Gasteiger partial charge in [-0.1, -0.05) is 25.2 Å². The highest BCUT2D eigenvalue weighted by Crippen LogP contribution is 2.27. The highest BCUT2D eigenvalue weighted by Gasteiger charge is 2.08. The second-order valence-corrected chi connectivity index (χ2v) is 7.19. The van der Waals surface area contributed by atoms with Crippen LogP contribution < -0.4 is 11.1 Å². The summed E-state index contributed by atoms with van der Waals surface area (Å²) in [5.41, 5.74) is 7.31. The first kappa shape index (κ1) is 15.1. The number of benzene rings is 1. The Hall–Kier alpha value is -1.27. The van der Waals surface area contributed by atoms with Gasteiger partial charge in [-0.3, -0.25) is 4.79 Å². The van der Waals surface area contributed by atoms with Crippen molar-refractivity contribution in [2.24, 2.45) is 5.92 Å². The largest absolute Gasteiger partial charge is 0.399 e. The van der Waals surface area contributed by atoms with E-state index in [-0.39, 0.29) is 5.91 Å². The van der Waals surface area contributed by atoms with Gasteiger partial charge in [0.15, 0.2) is 5.13 Å². The van der Waals surface area contributed by atoms with Gasteiger partial charge in [0.05, 0.1) is 10.2 Å². The topological polar surface area (TPSA) is 68.0 Å². The molecular formula is C14H19N3OS2. The zero-order chi connectivity index (χ0) is 14.5. The van der Waals surface area contributed by atoms with E-state index in [1.54, 1.807) is 0 Å². The lowest BCUT2D eigenvalue weighted by molar-refractivity contribution is -0.115. The zero-order valence-corrected chi connectivity index (χ0v) is 13.3. The van der Waals surface area contributed by atoms with Crippen LogP contribution >= 0.6 is 23.1 Å². The van der Waals surface area contributed by atoms with Gasteiger partial charge in [-0.05, 0) is 29.9 Å². The number of rotatable bonds is 6. The molecule has 1 aromatic carbocycles. The summed E-state index contributed by atoms with van der Waals surface area (Å²) in [5, 5.41) is 3.50. The van der Waals surface area contributed by atoms with E-state index in [4.69, 9.17) is 5.73 Å². The Balaban J connectivity index is 1.86. The van der Waals surface area contributed by atoms with Crippen LogP contribution in [0.2, 0.25) is 0 Å². The molecule has 3 N–H and O–H groups in total. The number of hydrogen-bond acceptors (Lipinski definition) is 5. The fraction of sp³-hybridized carbons (Fsp3) is 0.429. The summed E-state index contributed by atoms with van der Waals surface area (Å²) in [4.78, 5) is 16.2. The van der Waals surface area contributed by atoms with Gasteiger partial charge < -0.3 is 11.1 Å². The fourth-order valence-corrected chi connectivity index (χ4v) is 3.56. The molecule has 0 aliphatic heterocycles. The number of nitrogens with one attached hydrogen (secondary N) is 1. The third-order valence-electron chi connectivity index (χ3n) is 2.58. The lowest BCUT2D eigenvalue weighted by Crippen LogP contribution is -2.12. The van der Waals surface area contributed by atoms with E-state index in [9.17, 15) is 4.79 Å². The predicted octanol–water partition coefficient (Wildman–Crippen LogP) is 3.60. The van der Waals surface area contributed by atoms with E-state index < -0.39 is 0 Å². The number of carbonyl (C=O) groups excluding carboxylic acids is 1. The molecule has 0 bridgehead atoms. The molecule has 2 aromatic rings. The van der Waals surface area contributed by atoms with Crippen molar-refractivity contribution in [3.8, 4) is 0 Å². The lowest BCUT2D eigenvalue weighted by atomic mass is 10.3.